The molecule has 0 spiro atoms. The van der Waals surface area contributed by atoms with E-state index >= 15 is 0 Å². The monoisotopic (exact) mass is 741 g/mol. The zero-order valence-corrected chi connectivity index (χ0v) is 26.2. The van der Waals surface area contributed by atoms with E-state index in [0.717, 1.165) is 33.9 Å². The smallest absolute Gasteiger partial charge is 0.0571 e. The van der Waals surface area contributed by atoms with E-state index in [-0.39, 0.29) is 21.1 Å². The second-order valence-electron chi connectivity index (χ2n) is 10.4. The van der Waals surface area contributed by atoms with E-state index in [1.165, 1.54) is 22.4 Å². The molecule has 0 saturated heterocycles. The largest absolute Gasteiger partial charge is 0.509 e. The average molecular weight is 742 g/mol. The zero-order chi connectivity index (χ0) is 28.6. The second-order valence-corrected chi connectivity index (χ2v) is 10.4. The van der Waals surface area contributed by atoms with E-state index in [0.29, 0.717) is 11.5 Å². The Kier molecular flexibility index (Phi) is 7.88. The van der Waals surface area contributed by atoms with Crippen molar-refractivity contribution in [2.75, 3.05) is 9.80 Å². The number of hydrogen-bond donors (Lipinski definition) is 0. The number of fused-ring (bicyclic) bond motifs is 1. The van der Waals surface area contributed by atoms with Crippen molar-refractivity contribution in [3.63, 3.8) is 0 Å². The van der Waals surface area contributed by atoms with E-state index in [9.17, 15) is 0 Å². The van der Waals surface area contributed by atoms with E-state index < -0.39 is 0 Å². The Bertz CT molecular complexity index is 1880. The molecule has 7 rings (SSSR count). The third kappa shape index (κ3) is 5.59. The van der Waals surface area contributed by atoms with Gasteiger partial charge in [0.05, 0.1) is 11.9 Å². The van der Waals surface area contributed by atoms with E-state index in [2.05, 4.69) is 83.7 Å². The summed E-state index contributed by atoms with van der Waals surface area (Å²) in [6.45, 7) is 8.54. The molecule has 4 aromatic carbocycles. The summed E-state index contributed by atoms with van der Waals surface area (Å²) in [5, 5.41) is 4.55. The van der Waals surface area contributed by atoms with Crippen LogP contribution in [0.4, 0.5) is 22.7 Å². The topological polar surface area (TPSA) is 46.4 Å². The van der Waals surface area contributed by atoms with Gasteiger partial charge < -0.3 is 14.5 Å². The van der Waals surface area contributed by atoms with Gasteiger partial charge in [-0.1, -0.05) is 48.0 Å². The van der Waals surface area contributed by atoms with Crippen LogP contribution in [0, 0.1) is 39.6 Å². The molecule has 2 aromatic heterocycles. The van der Waals surface area contributed by atoms with Crippen molar-refractivity contribution < 1.29 is 25.8 Å². The first-order valence-corrected chi connectivity index (χ1v) is 13.8. The number of hydrogen-bond acceptors (Lipinski definition) is 5. The molecule has 0 unspecified atom stereocenters. The quantitative estimate of drug-likeness (QED) is 0.160. The minimum absolute atomic E-state index is 0. The van der Waals surface area contributed by atoms with Gasteiger partial charge in [-0.15, -0.1) is 48.8 Å². The fourth-order valence-electron chi connectivity index (χ4n) is 5.55. The molecular weight excluding hydrogens is 714 g/mol. The normalized spacial score (nSPS) is 12.2. The maximum Gasteiger partial charge on any atom is 0.0571 e. The molecule has 6 aromatic rings. The fourth-order valence-corrected chi connectivity index (χ4v) is 5.55. The van der Waals surface area contributed by atoms with Crippen molar-refractivity contribution in [3.8, 4) is 28.3 Å². The first-order chi connectivity index (χ1) is 20.5. The number of aromatic nitrogens is 3. The molecule has 0 saturated carbocycles. The SMILES string of the molecule is Cc1cc(C)c(N2[CH-]N(c3[c-]c(Oc4[c-]c(-n5cc(-c6ccccc6)cn5)ccc4)ccc3)c3cnccc32)c(C)c1.[Pt]. The zero-order valence-electron chi connectivity index (χ0n) is 23.9. The number of pyridine rings is 1. The number of benzene rings is 4. The number of ether oxygens (including phenoxy) is 1. The first-order valence-electron chi connectivity index (χ1n) is 13.8. The molecule has 1 aliphatic heterocycles. The molecule has 216 valence electrons. The summed E-state index contributed by atoms with van der Waals surface area (Å²) in [4.78, 5) is 8.75. The molecule has 3 heterocycles. The molecule has 0 amide bonds. The predicted octanol–water partition coefficient (Wildman–Crippen LogP) is 8.66. The summed E-state index contributed by atoms with van der Waals surface area (Å²) >= 11 is 0. The summed E-state index contributed by atoms with van der Waals surface area (Å²) in [6, 6.07) is 35.1. The van der Waals surface area contributed by atoms with Crippen molar-refractivity contribution in [2.24, 2.45) is 0 Å². The summed E-state index contributed by atoms with van der Waals surface area (Å²) in [5.74, 6) is 1.17. The second kappa shape index (κ2) is 11.9. The van der Waals surface area contributed by atoms with Gasteiger partial charge in [0.15, 0.2) is 0 Å². The number of nitrogens with zero attached hydrogens (tertiary/aromatic N) is 5. The molecule has 0 aliphatic carbocycles. The molecule has 0 bridgehead atoms. The van der Waals surface area contributed by atoms with Crippen LogP contribution in [-0.2, 0) is 21.1 Å². The Labute approximate surface area is 266 Å². The van der Waals surface area contributed by atoms with Crippen LogP contribution in [0.25, 0.3) is 16.8 Å². The molecule has 0 N–H and O–H groups in total. The van der Waals surface area contributed by atoms with Gasteiger partial charge in [0.25, 0.3) is 0 Å². The minimum Gasteiger partial charge on any atom is -0.509 e. The van der Waals surface area contributed by atoms with Crippen LogP contribution < -0.4 is 14.5 Å². The average Bonchev–Trinajstić information content (AvgIpc) is 3.64. The van der Waals surface area contributed by atoms with Crippen molar-refractivity contribution in [1.82, 2.24) is 14.8 Å². The molecule has 0 radical (unpaired) electrons. The van der Waals surface area contributed by atoms with Gasteiger partial charge in [-0.05, 0) is 49.2 Å². The van der Waals surface area contributed by atoms with Crippen LogP contribution >= 0.6 is 0 Å². The molecule has 0 fully saturated rings. The Hall–Kier alpha value is -4.67. The Morgan fingerprint density at radius 1 is 0.698 bits per heavy atom. The molecule has 0 atom stereocenters. The molecule has 6 nitrogen and oxygen atoms in total. The van der Waals surface area contributed by atoms with Gasteiger partial charge in [0.1, 0.15) is 0 Å². The number of anilines is 4. The van der Waals surface area contributed by atoms with Crippen molar-refractivity contribution >= 4 is 22.7 Å². The van der Waals surface area contributed by atoms with Crippen molar-refractivity contribution in [2.45, 2.75) is 20.8 Å². The van der Waals surface area contributed by atoms with Crippen molar-refractivity contribution in [3.05, 3.63) is 145 Å². The van der Waals surface area contributed by atoms with Gasteiger partial charge in [-0.25, -0.2) is 0 Å². The third-order valence-corrected chi connectivity index (χ3v) is 7.33. The van der Waals surface area contributed by atoms with Crippen LogP contribution in [0.1, 0.15) is 16.7 Å². The first kappa shape index (κ1) is 28.4. The Balaban J connectivity index is 0.00000329. The van der Waals surface area contributed by atoms with Crippen LogP contribution in [0.3, 0.4) is 0 Å². The van der Waals surface area contributed by atoms with E-state index in [1.54, 1.807) is 0 Å². The molecular formula is C36H28N5OPt-3. The van der Waals surface area contributed by atoms with Crippen molar-refractivity contribution in [1.29, 1.82) is 0 Å². The van der Waals surface area contributed by atoms with Gasteiger partial charge in [0, 0.05) is 68.1 Å². The van der Waals surface area contributed by atoms with Crippen LogP contribution in [0.2, 0.25) is 0 Å². The fraction of sp³-hybridized carbons (Fsp3) is 0.0833. The van der Waals surface area contributed by atoms with Gasteiger partial charge in [0.2, 0.25) is 0 Å². The van der Waals surface area contributed by atoms with E-state index in [1.807, 2.05) is 90.1 Å². The number of aryl methyl sites for hydroxylation is 3. The summed E-state index contributed by atoms with van der Waals surface area (Å²) in [6.07, 6.45) is 7.57. The Morgan fingerprint density at radius 3 is 2.14 bits per heavy atom. The van der Waals surface area contributed by atoms with Gasteiger partial charge in [-0.3, -0.25) is 9.67 Å². The van der Waals surface area contributed by atoms with E-state index in [4.69, 9.17) is 4.74 Å². The minimum atomic E-state index is 0. The third-order valence-electron chi connectivity index (χ3n) is 7.33. The predicted molar refractivity (Wildman–Crippen MR) is 167 cm³/mol. The molecule has 1 aliphatic rings. The summed E-state index contributed by atoms with van der Waals surface area (Å²) in [5.41, 5.74) is 10.7. The standard InChI is InChI=1S/C36H28N5O.Pt/c1-25-17-26(2)36(27(3)18-25)40-24-39(35-22-37-16-15-34(35)40)30-11-7-13-32(19-30)42-33-14-8-12-31(20-33)41-23-29(21-38-41)28-9-5-4-6-10-28;/h4-18,21-24H,1-3H3;/q-3;. The van der Waals surface area contributed by atoms with Gasteiger partial charge in [-0.2, -0.15) is 17.2 Å². The summed E-state index contributed by atoms with van der Waals surface area (Å²) < 4.78 is 8.07. The van der Waals surface area contributed by atoms with Gasteiger partial charge >= 0.3 is 0 Å². The summed E-state index contributed by atoms with van der Waals surface area (Å²) in [7, 11) is 0. The maximum atomic E-state index is 6.26. The molecule has 7 heteroatoms. The van der Waals surface area contributed by atoms with Crippen LogP contribution in [-0.4, -0.2) is 14.8 Å². The maximum absolute atomic E-state index is 6.26. The number of rotatable bonds is 6. The van der Waals surface area contributed by atoms with Crippen LogP contribution in [0.15, 0.2) is 110 Å². The Morgan fingerprint density at radius 2 is 1.40 bits per heavy atom. The van der Waals surface area contributed by atoms with Crippen LogP contribution in [0.5, 0.6) is 11.5 Å². The molecule has 43 heavy (non-hydrogen) atoms.